The number of Topliss-reactive ketones (excluding diaryl/α,β-unsaturated/α-hetero) is 1. The first-order valence-electron chi connectivity index (χ1n) is 5.01. The first kappa shape index (κ1) is 10.7. The Hall–Kier alpha value is -0.840. The van der Waals surface area contributed by atoms with Crippen LogP contribution >= 0.6 is 11.8 Å². The molecule has 2 aliphatic rings. The van der Waals surface area contributed by atoms with Gasteiger partial charge in [0.25, 0.3) is 0 Å². The Bertz CT molecular complexity index is 327. The van der Waals surface area contributed by atoms with Gasteiger partial charge < -0.3 is 4.74 Å². The number of esters is 1. The van der Waals surface area contributed by atoms with Crippen molar-refractivity contribution >= 4 is 29.2 Å². The van der Waals surface area contributed by atoms with Crippen LogP contribution in [0.5, 0.6) is 0 Å². The third kappa shape index (κ3) is 2.07. The molecule has 0 aromatic carbocycles. The SMILES string of the molecule is COC(=O)C1CSC2C(=O)CCCC2=N1. The van der Waals surface area contributed by atoms with Crippen molar-refractivity contribution in [3.8, 4) is 0 Å². The summed E-state index contributed by atoms with van der Waals surface area (Å²) in [5, 5.41) is -0.0837. The molecular formula is C10H13NO3S. The van der Waals surface area contributed by atoms with Gasteiger partial charge in [-0.1, -0.05) is 0 Å². The van der Waals surface area contributed by atoms with Crippen LogP contribution in [0, 0.1) is 0 Å². The summed E-state index contributed by atoms with van der Waals surface area (Å²) in [6.07, 6.45) is 2.36. The lowest BCUT2D eigenvalue weighted by Crippen LogP contribution is -2.39. The number of aliphatic imine (C=N–C) groups is 1. The van der Waals surface area contributed by atoms with E-state index in [1.165, 1.54) is 18.9 Å². The number of ether oxygens (including phenoxy) is 1. The Morgan fingerprint density at radius 3 is 3.07 bits per heavy atom. The Labute approximate surface area is 92.5 Å². The van der Waals surface area contributed by atoms with Crippen molar-refractivity contribution in [2.24, 2.45) is 4.99 Å². The van der Waals surface area contributed by atoms with Crippen molar-refractivity contribution in [3.63, 3.8) is 0 Å². The zero-order valence-corrected chi connectivity index (χ0v) is 9.38. The fourth-order valence-electron chi connectivity index (χ4n) is 1.89. The number of methoxy groups -OCH3 is 1. The lowest BCUT2D eigenvalue weighted by molar-refractivity contribution is -0.141. The average molecular weight is 227 g/mol. The molecule has 0 radical (unpaired) electrons. The van der Waals surface area contributed by atoms with E-state index < -0.39 is 6.04 Å². The van der Waals surface area contributed by atoms with Gasteiger partial charge in [0.1, 0.15) is 5.25 Å². The molecule has 1 aliphatic carbocycles. The molecule has 1 saturated carbocycles. The minimum absolute atomic E-state index is 0.0837. The van der Waals surface area contributed by atoms with Crippen molar-refractivity contribution in [2.75, 3.05) is 12.9 Å². The average Bonchev–Trinajstić information content (AvgIpc) is 2.28. The minimum atomic E-state index is -0.405. The van der Waals surface area contributed by atoms with Gasteiger partial charge in [0, 0.05) is 17.9 Å². The topological polar surface area (TPSA) is 55.7 Å². The maximum Gasteiger partial charge on any atom is 0.331 e. The van der Waals surface area contributed by atoms with Crippen molar-refractivity contribution < 1.29 is 14.3 Å². The zero-order valence-electron chi connectivity index (χ0n) is 8.56. The van der Waals surface area contributed by atoms with E-state index in [9.17, 15) is 9.59 Å². The van der Waals surface area contributed by atoms with Crippen molar-refractivity contribution in [1.29, 1.82) is 0 Å². The maximum atomic E-state index is 11.6. The van der Waals surface area contributed by atoms with Gasteiger partial charge in [-0.05, 0) is 12.8 Å². The number of thioether (sulfide) groups is 1. The van der Waals surface area contributed by atoms with Crippen LogP contribution in [0.4, 0.5) is 0 Å². The third-order valence-corrected chi connectivity index (χ3v) is 4.04. The van der Waals surface area contributed by atoms with Crippen LogP contribution in [0.2, 0.25) is 0 Å². The molecule has 0 N–H and O–H groups in total. The van der Waals surface area contributed by atoms with Crippen LogP contribution in [-0.4, -0.2) is 41.6 Å². The largest absolute Gasteiger partial charge is 0.467 e. The Balaban J connectivity index is 2.15. The highest BCUT2D eigenvalue weighted by molar-refractivity contribution is 8.01. The summed E-state index contributed by atoms with van der Waals surface area (Å²) in [4.78, 5) is 27.2. The highest BCUT2D eigenvalue weighted by Crippen LogP contribution is 2.29. The monoisotopic (exact) mass is 227 g/mol. The molecule has 0 bridgehead atoms. The molecule has 0 aromatic heterocycles. The molecule has 2 rings (SSSR count). The summed E-state index contributed by atoms with van der Waals surface area (Å²) in [7, 11) is 1.37. The van der Waals surface area contributed by atoms with Crippen LogP contribution in [0.25, 0.3) is 0 Å². The fraction of sp³-hybridized carbons (Fsp3) is 0.700. The molecule has 2 atom stereocenters. The summed E-state index contributed by atoms with van der Waals surface area (Å²) in [6, 6.07) is -0.405. The predicted octanol–water partition coefficient (Wildman–Crippen LogP) is 0.837. The maximum absolute atomic E-state index is 11.6. The van der Waals surface area contributed by atoms with Gasteiger partial charge in [0.05, 0.1) is 7.11 Å². The molecule has 1 aliphatic heterocycles. The van der Waals surface area contributed by atoms with Crippen LogP contribution in [0.1, 0.15) is 19.3 Å². The number of fused-ring (bicyclic) bond motifs is 1. The van der Waals surface area contributed by atoms with Crippen LogP contribution < -0.4 is 0 Å². The quantitative estimate of drug-likeness (QED) is 0.623. The molecule has 82 valence electrons. The molecule has 15 heavy (non-hydrogen) atoms. The number of rotatable bonds is 1. The molecular weight excluding hydrogens is 214 g/mol. The van der Waals surface area contributed by atoms with Gasteiger partial charge in [0.2, 0.25) is 0 Å². The molecule has 0 aromatic rings. The van der Waals surface area contributed by atoms with Gasteiger partial charge in [-0.15, -0.1) is 11.8 Å². The second kappa shape index (κ2) is 4.35. The zero-order chi connectivity index (χ0) is 10.8. The molecule has 2 unspecified atom stereocenters. The first-order chi connectivity index (χ1) is 7.22. The lowest BCUT2D eigenvalue weighted by atomic mass is 9.96. The smallest absolute Gasteiger partial charge is 0.331 e. The van der Waals surface area contributed by atoms with E-state index in [0.717, 1.165) is 18.6 Å². The van der Waals surface area contributed by atoms with Gasteiger partial charge >= 0.3 is 5.97 Å². The number of carbonyl (C=O) groups excluding carboxylic acids is 2. The standard InChI is InChI=1S/C10H13NO3S/c1-14-10(13)7-5-15-9-6(11-7)3-2-4-8(9)12/h7,9H,2-5H2,1H3. The van der Waals surface area contributed by atoms with Crippen molar-refractivity contribution in [2.45, 2.75) is 30.6 Å². The number of hydrogen-bond acceptors (Lipinski definition) is 5. The molecule has 0 spiro atoms. The molecule has 5 heteroatoms. The first-order valence-corrected chi connectivity index (χ1v) is 6.06. The van der Waals surface area contributed by atoms with E-state index in [0.29, 0.717) is 12.2 Å². The summed E-state index contributed by atoms with van der Waals surface area (Å²) in [6.45, 7) is 0. The Morgan fingerprint density at radius 1 is 1.53 bits per heavy atom. The van der Waals surface area contributed by atoms with E-state index >= 15 is 0 Å². The Morgan fingerprint density at radius 2 is 2.33 bits per heavy atom. The van der Waals surface area contributed by atoms with Gasteiger partial charge in [-0.25, -0.2) is 4.79 Å². The molecule has 0 amide bonds. The highest BCUT2D eigenvalue weighted by atomic mass is 32.2. The molecule has 4 nitrogen and oxygen atoms in total. The van der Waals surface area contributed by atoms with E-state index in [4.69, 9.17) is 0 Å². The summed E-state index contributed by atoms with van der Waals surface area (Å²) in [5.41, 5.74) is 0.887. The fourth-order valence-corrected chi connectivity index (χ4v) is 3.15. The molecule has 0 saturated heterocycles. The van der Waals surface area contributed by atoms with Crippen LogP contribution in [-0.2, 0) is 14.3 Å². The Kier molecular flexibility index (Phi) is 3.09. The third-order valence-electron chi connectivity index (χ3n) is 2.67. The number of hydrogen-bond donors (Lipinski definition) is 0. The van der Waals surface area contributed by atoms with Gasteiger partial charge in [-0.3, -0.25) is 9.79 Å². The van der Waals surface area contributed by atoms with Gasteiger partial charge in [-0.2, -0.15) is 0 Å². The second-order valence-corrected chi connectivity index (χ2v) is 4.83. The van der Waals surface area contributed by atoms with E-state index in [1.54, 1.807) is 0 Å². The minimum Gasteiger partial charge on any atom is -0.467 e. The predicted molar refractivity (Wildman–Crippen MR) is 58.3 cm³/mol. The van der Waals surface area contributed by atoms with Crippen molar-refractivity contribution in [1.82, 2.24) is 0 Å². The van der Waals surface area contributed by atoms with Crippen molar-refractivity contribution in [3.05, 3.63) is 0 Å². The lowest BCUT2D eigenvalue weighted by Gasteiger charge is -2.28. The normalized spacial score (nSPS) is 30.5. The van der Waals surface area contributed by atoms with E-state index in [-0.39, 0.29) is 17.0 Å². The molecule has 1 fully saturated rings. The summed E-state index contributed by atoms with van der Waals surface area (Å²) < 4.78 is 4.65. The highest BCUT2D eigenvalue weighted by Gasteiger charge is 2.35. The summed E-state index contributed by atoms with van der Waals surface area (Å²) >= 11 is 1.53. The van der Waals surface area contributed by atoms with Crippen LogP contribution in [0.3, 0.4) is 0 Å². The van der Waals surface area contributed by atoms with Crippen LogP contribution in [0.15, 0.2) is 4.99 Å². The summed E-state index contributed by atoms with van der Waals surface area (Å²) in [5.74, 6) is 0.520. The second-order valence-electron chi connectivity index (χ2n) is 3.69. The van der Waals surface area contributed by atoms with Gasteiger partial charge in [0.15, 0.2) is 11.8 Å². The number of carbonyl (C=O) groups is 2. The molecule has 1 heterocycles. The number of nitrogens with zero attached hydrogens (tertiary/aromatic N) is 1. The number of ketones is 1. The van der Waals surface area contributed by atoms with E-state index in [1.807, 2.05) is 0 Å². The van der Waals surface area contributed by atoms with E-state index in [2.05, 4.69) is 9.73 Å².